The third kappa shape index (κ3) is 5.66. The second kappa shape index (κ2) is 11.4. The molecule has 1 fully saturated rings. The summed E-state index contributed by atoms with van der Waals surface area (Å²) in [7, 11) is 0. The number of nitrogens with one attached hydrogen (secondary N) is 2. The first kappa shape index (κ1) is 24.8. The van der Waals surface area contributed by atoms with Gasteiger partial charge in [-0.05, 0) is 47.4 Å². The highest BCUT2D eigenvalue weighted by atomic mass is 16.5. The van der Waals surface area contributed by atoms with Crippen LogP contribution in [-0.4, -0.2) is 42.8 Å². The first-order chi connectivity index (χ1) is 17.0. The third-order valence-electron chi connectivity index (χ3n) is 7.46. The number of rotatable bonds is 9. The number of carbonyl (C=O) groups is 3. The van der Waals surface area contributed by atoms with E-state index in [9.17, 15) is 19.5 Å². The zero-order valence-corrected chi connectivity index (χ0v) is 20.2. The van der Waals surface area contributed by atoms with Crippen LogP contribution in [0.5, 0.6) is 0 Å². The summed E-state index contributed by atoms with van der Waals surface area (Å²) in [5.74, 6) is -1.83. The lowest BCUT2D eigenvalue weighted by atomic mass is 9.78. The molecule has 0 radical (unpaired) electrons. The van der Waals surface area contributed by atoms with Crippen LogP contribution in [0.3, 0.4) is 0 Å². The molecule has 2 aromatic rings. The Morgan fingerprint density at radius 2 is 1.60 bits per heavy atom. The van der Waals surface area contributed by atoms with E-state index in [0.717, 1.165) is 36.8 Å². The molecule has 7 nitrogen and oxygen atoms in total. The summed E-state index contributed by atoms with van der Waals surface area (Å²) < 4.78 is 5.63. The highest BCUT2D eigenvalue weighted by Gasteiger charge is 2.32. The van der Waals surface area contributed by atoms with Crippen molar-refractivity contribution in [2.45, 2.75) is 44.9 Å². The number of benzene rings is 2. The molecule has 0 spiro atoms. The lowest BCUT2D eigenvalue weighted by Crippen LogP contribution is -2.43. The summed E-state index contributed by atoms with van der Waals surface area (Å²) in [4.78, 5) is 36.6. The highest BCUT2D eigenvalue weighted by molar-refractivity contribution is 5.80. The molecule has 4 rings (SSSR count). The number of hydrogen-bond acceptors (Lipinski definition) is 4. The number of aliphatic carboxylic acids is 1. The van der Waals surface area contributed by atoms with Gasteiger partial charge in [0.25, 0.3) is 0 Å². The van der Waals surface area contributed by atoms with Gasteiger partial charge in [-0.25, -0.2) is 4.79 Å². The largest absolute Gasteiger partial charge is 0.481 e. The van der Waals surface area contributed by atoms with Crippen LogP contribution in [0.25, 0.3) is 11.1 Å². The molecular formula is C28H34N2O5. The van der Waals surface area contributed by atoms with E-state index in [2.05, 4.69) is 34.9 Å². The Morgan fingerprint density at radius 1 is 0.971 bits per heavy atom. The maximum Gasteiger partial charge on any atom is 0.407 e. The lowest BCUT2D eigenvalue weighted by Gasteiger charge is -2.31. The third-order valence-corrected chi connectivity index (χ3v) is 7.46. The first-order valence-corrected chi connectivity index (χ1v) is 12.6. The summed E-state index contributed by atoms with van der Waals surface area (Å²) in [6, 6.07) is 16.4. The van der Waals surface area contributed by atoms with Gasteiger partial charge in [-0.15, -0.1) is 0 Å². The number of carboxylic acids is 1. The van der Waals surface area contributed by atoms with Gasteiger partial charge in [0, 0.05) is 24.9 Å². The molecule has 7 heteroatoms. The smallest absolute Gasteiger partial charge is 0.407 e. The number of amides is 2. The minimum atomic E-state index is -0.898. The van der Waals surface area contributed by atoms with Gasteiger partial charge in [0.2, 0.25) is 5.91 Å². The summed E-state index contributed by atoms with van der Waals surface area (Å²) in [5.41, 5.74) is 4.69. The molecule has 2 aliphatic rings. The predicted octanol–water partition coefficient (Wildman–Crippen LogP) is 4.56. The average Bonchev–Trinajstić information content (AvgIpc) is 3.20. The van der Waals surface area contributed by atoms with Gasteiger partial charge in [0.05, 0.1) is 5.92 Å². The molecule has 3 atom stereocenters. The second-order valence-corrected chi connectivity index (χ2v) is 9.55. The zero-order chi connectivity index (χ0) is 24.8. The molecule has 2 aliphatic carbocycles. The van der Waals surface area contributed by atoms with Crippen molar-refractivity contribution in [3.8, 4) is 11.1 Å². The normalized spacial score (nSPS) is 19.8. The van der Waals surface area contributed by atoms with E-state index in [4.69, 9.17) is 4.74 Å². The standard InChI is InChI=1S/C28H34N2O5/c1-2-18(27(32)33)15-29-26(31)20-10-4-3-9-19(20)16-30-28(34)35-17-25-23-13-7-5-11-21(23)22-12-6-8-14-24(22)25/h5-8,11-14,18-20,25H,2-4,9-10,15-17H2,1H3,(H,29,31)(H,30,34)(H,32,33)/t18?,19-,20-/m1/s1. The van der Waals surface area contributed by atoms with Gasteiger partial charge in [-0.1, -0.05) is 68.3 Å². The molecule has 1 saturated carbocycles. The van der Waals surface area contributed by atoms with Crippen molar-refractivity contribution in [3.63, 3.8) is 0 Å². The van der Waals surface area contributed by atoms with Crippen molar-refractivity contribution in [3.05, 3.63) is 59.7 Å². The maximum absolute atomic E-state index is 12.8. The van der Waals surface area contributed by atoms with Crippen LogP contribution >= 0.6 is 0 Å². The van der Waals surface area contributed by atoms with Gasteiger partial charge >= 0.3 is 12.1 Å². The number of alkyl carbamates (subject to hydrolysis) is 1. The molecule has 0 aliphatic heterocycles. The molecule has 0 heterocycles. The monoisotopic (exact) mass is 478 g/mol. The van der Waals surface area contributed by atoms with E-state index >= 15 is 0 Å². The predicted molar refractivity (Wildman–Crippen MR) is 133 cm³/mol. The molecular weight excluding hydrogens is 444 g/mol. The van der Waals surface area contributed by atoms with Crippen molar-refractivity contribution in [2.24, 2.45) is 17.8 Å². The molecule has 186 valence electrons. The molecule has 2 aromatic carbocycles. The van der Waals surface area contributed by atoms with Crippen LogP contribution in [0.4, 0.5) is 4.79 Å². The lowest BCUT2D eigenvalue weighted by molar-refractivity contribution is -0.141. The van der Waals surface area contributed by atoms with Crippen LogP contribution in [0.2, 0.25) is 0 Å². The topological polar surface area (TPSA) is 105 Å². The van der Waals surface area contributed by atoms with E-state index < -0.39 is 18.0 Å². The summed E-state index contributed by atoms with van der Waals surface area (Å²) in [6.07, 6.45) is 3.54. The van der Waals surface area contributed by atoms with Gasteiger partial charge in [-0.2, -0.15) is 0 Å². The van der Waals surface area contributed by atoms with E-state index in [0.29, 0.717) is 13.0 Å². The average molecular weight is 479 g/mol. The second-order valence-electron chi connectivity index (χ2n) is 9.55. The Bertz CT molecular complexity index is 1020. The van der Waals surface area contributed by atoms with Crippen molar-refractivity contribution in [1.82, 2.24) is 10.6 Å². The Kier molecular flexibility index (Phi) is 8.06. The van der Waals surface area contributed by atoms with Gasteiger partial charge in [0.1, 0.15) is 6.61 Å². The Balaban J connectivity index is 1.30. The van der Waals surface area contributed by atoms with Crippen molar-refractivity contribution in [2.75, 3.05) is 19.7 Å². The van der Waals surface area contributed by atoms with Gasteiger partial charge in [-0.3, -0.25) is 9.59 Å². The van der Waals surface area contributed by atoms with E-state index in [-0.39, 0.29) is 36.8 Å². The number of hydrogen-bond donors (Lipinski definition) is 3. The summed E-state index contributed by atoms with van der Waals surface area (Å²) in [6.45, 7) is 2.55. The minimum absolute atomic E-state index is 0.00195. The molecule has 2 amide bonds. The number of fused-ring (bicyclic) bond motifs is 3. The van der Waals surface area contributed by atoms with Crippen LogP contribution in [-0.2, 0) is 14.3 Å². The minimum Gasteiger partial charge on any atom is -0.481 e. The zero-order valence-electron chi connectivity index (χ0n) is 20.2. The Morgan fingerprint density at radius 3 is 2.23 bits per heavy atom. The van der Waals surface area contributed by atoms with Crippen molar-refractivity contribution < 1.29 is 24.2 Å². The van der Waals surface area contributed by atoms with Crippen LogP contribution in [0.15, 0.2) is 48.5 Å². The fraction of sp³-hybridized carbons (Fsp3) is 0.464. The maximum atomic E-state index is 12.8. The summed E-state index contributed by atoms with van der Waals surface area (Å²) in [5, 5.41) is 14.9. The quantitative estimate of drug-likeness (QED) is 0.490. The first-order valence-electron chi connectivity index (χ1n) is 12.6. The van der Waals surface area contributed by atoms with Crippen molar-refractivity contribution in [1.29, 1.82) is 0 Å². The van der Waals surface area contributed by atoms with Gasteiger partial charge < -0.3 is 20.5 Å². The van der Waals surface area contributed by atoms with Crippen LogP contribution in [0, 0.1) is 17.8 Å². The Labute approximate surface area is 206 Å². The summed E-state index contributed by atoms with van der Waals surface area (Å²) >= 11 is 0. The highest BCUT2D eigenvalue weighted by Crippen LogP contribution is 2.44. The Hall–Kier alpha value is -3.35. The molecule has 0 saturated heterocycles. The van der Waals surface area contributed by atoms with Crippen LogP contribution < -0.4 is 10.6 Å². The molecule has 3 N–H and O–H groups in total. The van der Waals surface area contributed by atoms with Crippen LogP contribution in [0.1, 0.15) is 56.1 Å². The number of carbonyl (C=O) groups excluding carboxylic acids is 2. The van der Waals surface area contributed by atoms with Gasteiger partial charge in [0.15, 0.2) is 0 Å². The molecule has 35 heavy (non-hydrogen) atoms. The molecule has 0 bridgehead atoms. The number of ether oxygens (including phenoxy) is 1. The SMILES string of the molecule is CCC(CNC(=O)[C@@H]1CCCC[C@@H]1CNC(=O)OCC1c2ccccc2-c2ccccc21)C(=O)O. The molecule has 0 aromatic heterocycles. The fourth-order valence-electron chi connectivity index (χ4n) is 5.42. The van der Waals surface area contributed by atoms with Crippen molar-refractivity contribution >= 4 is 18.0 Å². The van der Waals surface area contributed by atoms with E-state index in [1.54, 1.807) is 6.92 Å². The molecule has 1 unspecified atom stereocenters. The van der Waals surface area contributed by atoms with E-state index in [1.165, 1.54) is 11.1 Å². The fourth-order valence-corrected chi connectivity index (χ4v) is 5.42. The van der Waals surface area contributed by atoms with E-state index in [1.807, 2.05) is 24.3 Å². The number of carboxylic acid groups (broad SMARTS) is 1.